The minimum Gasteiger partial charge on any atom is -0.332 e. The predicted octanol–water partition coefficient (Wildman–Crippen LogP) is 0.965. The van der Waals surface area contributed by atoms with Gasteiger partial charge in [-0.1, -0.05) is 0 Å². The molecule has 0 radical (unpaired) electrons. The van der Waals surface area contributed by atoms with E-state index in [2.05, 4.69) is 23.4 Å². The number of imidazole rings is 1. The minimum atomic E-state index is 0.485. The third-order valence-corrected chi connectivity index (χ3v) is 1.70. The number of hydrogen-bond acceptors (Lipinski definition) is 2. The van der Waals surface area contributed by atoms with Crippen LogP contribution in [-0.4, -0.2) is 16.1 Å². The molecule has 0 spiro atoms. The first-order chi connectivity index (χ1) is 5.25. The molecule has 1 aromatic rings. The summed E-state index contributed by atoms with van der Waals surface area (Å²) in [7, 11) is 0. The molecule has 0 bridgehead atoms. The maximum Gasteiger partial charge on any atom is 0.0950 e. The Labute approximate surface area is 67.2 Å². The summed E-state index contributed by atoms with van der Waals surface area (Å²) in [5.74, 6) is 0. The fraction of sp³-hybridized carbons (Fsp3) is 0.625. The molecule has 1 rings (SSSR count). The molecule has 11 heavy (non-hydrogen) atoms. The summed E-state index contributed by atoms with van der Waals surface area (Å²) in [4.78, 5) is 4.07. The van der Waals surface area contributed by atoms with Gasteiger partial charge in [-0.3, -0.25) is 0 Å². The smallest absolute Gasteiger partial charge is 0.0950 e. The number of nitrogens with two attached hydrogens (primary N) is 1. The minimum absolute atomic E-state index is 0.485. The zero-order valence-electron chi connectivity index (χ0n) is 7.12. The van der Waals surface area contributed by atoms with Crippen LogP contribution in [0.25, 0.3) is 0 Å². The van der Waals surface area contributed by atoms with E-state index in [0.717, 1.165) is 6.42 Å². The highest BCUT2D eigenvalue weighted by molar-refractivity contribution is 5.00. The first kappa shape index (κ1) is 8.27. The molecule has 3 heteroatoms. The summed E-state index contributed by atoms with van der Waals surface area (Å²) in [5, 5.41) is 0. The van der Waals surface area contributed by atoms with Crippen LogP contribution in [0.1, 0.15) is 25.6 Å². The van der Waals surface area contributed by atoms with Gasteiger partial charge in [0.25, 0.3) is 0 Å². The third kappa shape index (κ3) is 1.80. The van der Waals surface area contributed by atoms with E-state index in [0.29, 0.717) is 12.6 Å². The van der Waals surface area contributed by atoms with E-state index in [4.69, 9.17) is 5.73 Å². The zero-order valence-corrected chi connectivity index (χ0v) is 7.12. The Bertz CT molecular complexity index is 215. The standard InChI is InChI=1S/C8H15N3/c1-7(2)11-6-10-5-8(11)3-4-9/h5-7H,3-4,9H2,1-2H3. The van der Waals surface area contributed by atoms with Crippen molar-refractivity contribution in [3.8, 4) is 0 Å². The molecule has 1 aromatic heterocycles. The zero-order chi connectivity index (χ0) is 8.27. The Balaban J connectivity index is 2.78. The molecule has 62 valence electrons. The lowest BCUT2D eigenvalue weighted by Crippen LogP contribution is -2.09. The summed E-state index contributed by atoms with van der Waals surface area (Å²) in [6.07, 6.45) is 4.65. The van der Waals surface area contributed by atoms with Gasteiger partial charge in [0, 0.05) is 24.4 Å². The van der Waals surface area contributed by atoms with Crippen LogP contribution in [0.2, 0.25) is 0 Å². The van der Waals surface area contributed by atoms with E-state index in [9.17, 15) is 0 Å². The van der Waals surface area contributed by atoms with Crippen molar-refractivity contribution < 1.29 is 0 Å². The summed E-state index contributed by atoms with van der Waals surface area (Å²) in [5.41, 5.74) is 6.67. The van der Waals surface area contributed by atoms with Crippen LogP contribution in [-0.2, 0) is 6.42 Å². The molecule has 0 saturated carbocycles. The largest absolute Gasteiger partial charge is 0.332 e. The van der Waals surface area contributed by atoms with Crippen LogP contribution in [0.3, 0.4) is 0 Å². The molecular formula is C8H15N3. The topological polar surface area (TPSA) is 43.8 Å². The second kappa shape index (κ2) is 3.53. The van der Waals surface area contributed by atoms with Gasteiger partial charge >= 0.3 is 0 Å². The van der Waals surface area contributed by atoms with Gasteiger partial charge in [-0.05, 0) is 20.4 Å². The average molecular weight is 153 g/mol. The highest BCUT2D eigenvalue weighted by Crippen LogP contribution is 2.08. The molecule has 0 atom stereocenters. The number of rotatable bonds is 3. The SMILES string of the molecule is CC(C)n1cncc1CCN. The van der Waals surface area contributed by atoms with Gasteiger partial charge in [0.1, 0.15) is 0 Å². The summed E-state index contributed by atoms with van der Waals surface area (Å²) in [6, 6.07) is 0.485. The number of hydrogen-bond donors (Lipinski definition) is 1. The van der Waals surface area contributed by atoms with Crippen molar-refractivity contribution in [3.63, 3.8) is 0 Å². The summed E-state index contributed by atoms with van der Waals surface area (Å²) in [6.45, 7) is 4.97. The van der Waals surface area contributed by atoms with Gasteiger partial charge < -0.3 is 10.3 Å². The Hall–Kier alpha value is -0.830. The van der Waals surface area contributed by atoms with Gasteiger partial charge in [0.15, 0.2) is 0 Å². The van der Waals surface area contributed by atoms with Gasteiger partial charge in [-0.15, -0.1) is 0 Å². The second-order valence-electron chi connectivity index (χ2n) is 2.92. The Morgan fingerprint density at radius 1 is 1.64 bits per heavy atom. The lowest BCUT2D eigenvalue weighted by molar-refractivity contribution is 0.573. The van der Waals surface area contributed by atoms with Crippen LogP contribution >= 0.6 is 0 Å². The van der Waals surface area contributed by atoms with Crippen LogP contribution in [0.4, 0.5) is 0 Å². The third-order valence-electron chi connectivity index (χ3n) is 1.70. The van der Waals surface area contributed by atoms with Crippen molar-refractivity contribution in [1.29, 1.82) is 0 Å². The van der Waals surface area contributed by atoms with E-state index in [1.807, 2.05) is 12.5 Å². The van der Waals surface area contributed by atoms with E-state index >= 15 is 0 Å². The molecule has 0 aliphatic carbocycles. The fourth-order valence-electron chi connectivity index (χ4n) is 1.14. The van der Waals surface area contributed by atoms with E-state index in [1.54, 1.807) is 0 Å². The van der Waals surface area contributed by atoms with E-state index < -0.39 is 0 Å². The molecule has 0 amide bonds. The number of aromatic nitrogens is 2. The molecule has 0 fully saturated rings. The molecule has 0 aliphatic heterocycles. The Morgan fingerprint density at radius 3 is 2.91 bits per heavy atom. The highest BCUT2D eigenvalue weighted by atomic mass is 15.1. The molecule has 3 nitrogen and oxygen atoms in total. The molecule has 0 aromatic carbocycles. The van der Waals surface area contributed by atoms with Crippen LogP contribution in [0.5, 0.6) is 0 Å². The maximum atomic E-state index is 5.45. The quantitative estimate of drug-likeness (QED) is 0.703. The monoisotopic (exact) mass is 153 g/mol. The predicted molar refractivity (Wildman–Crippen MR) is 45.4 cm³/mol. The molecule has 0 saturated heterocycles. The van der Waals surface area contributed by atoms with E-state index in [-0.39, 0.29) is 0 Å². The van der Waals surface area contributed by atoms with Gasteiger partial charge in [-0.2, -0.15) is 0 Å². The van der Waals surface area contributed by atoms with Gasteiger partial charge in [0.05, 0.1) is 6.33 Å². The summed E-state index contributed by atoms with van der Waals surface area (Å²) >= 11 is 0. The first-order valence-corrected chi connectivity index (χ1v) is 3.96. The summed E-state index contributed by atoms with van der Waals surface area (Å²) < 4.78 is 2.15. The van der Waals surface area contributed by atoms with Crippen molar-refractivity contribution in [2.75, 3.05) is 6.54 Å². The van der Waals surface area contributed by atoms with Crippen molar-refractivity contribution in [2.24, 2.45) is 5.73 Å². The van der Waals surface area contributed by atoms with Crippen LogP contribution < -0.4 is 5.73 Å². The first-order valence-electron chi connectivity index (χ1n) is 3.96. The Morgan fingerprint density at radius 2 is 2.36 bits per heavy atom. The lowest BCUT2D eigenvalue weighted by atomic mass is 10.3. The number of nitrogens with zero attached hydrogens (tertiary/aromatic N) is 2. The average Bonchev–Trinajstić information content (AvgIpc) is 2.36. The molecule has 1 heterocycles. The van der Waals surface area contributed by atoms with Crippen molar-refractivity contribution in [3.05, 3.63) is 18.2 Å². The molecular weight excluding hydrogens is 138 g/mol. The van der Waals surface area contributed by atoms with Crippen molar-refractivity contribution in [2.45, 2.75) is 26.3 Å². The maximum absolute atomic E-state index is 5.45. The molecule has 0 aliphatic rings. The highest BCUT2D eigenvalue weighted by Gasteiger charge is 2.02. The normalized spacial score (nSPS) is 10.9. The fourth-order valence-corrected chi connectivity index (χ4v) is 1.14. The molecule has 2 N–H and O–H groups in total. The second-order valence-corrected chi connectivity index (χ2v) is 2.92. The van der Waals surface area contributed by atoms with Crippen molar-refractivity contribution in [1.82, 2.24) is 9.55 Å². The molecule has 0 unspecified atom stereocenters. The van der Waals surface area contributed by atoms with Crippen molar-refractivity contribution >= 4 is 0 Å². The van der Waals surface area contributed by atoms with E-state index in [1.165, 1.54) is 5.69 Å². The van der Waals surface area contributed by atoms with Gasteiger partial charge in [0.2, 0.25) is 0 Å². The van der Waals surface area contributed by atoms with Crippen LogP contribution in [0.15, 0.2) is 12.5 Å². The lowest BCUT2D eigenvalue weighted by Gasteiger charge is -2.10. The van der Waals surface area contributed by atoms with Gasteiger partial charge in [-0.25, -0.2) is 4.98 Å². The Kier molecular flexibility index (Phi) is 2.65. The van der Waals surface area contributed by atoms with Crippen LogP contribution in [0, 0.1) is 0 Å².